The minimum absolute atomic E-state index is 0.00603. The number of aryl methyl sites for hydroxylation is 2. The van der Waals surface area contributed by atoms with Gasteiger partial charge in [-0.25, -0.2) is 9.97 Å². The standard InChI is InChI=1S/C48H65N11O7/c1-27-40(28(2)55-42(54-27)31-9-12-33(13-10-31)48(4,5)6)45(62)57-36(16-17-49)47(64)59(7)41-32-11-15-39(66-23-20-52)35(26-32)34-24-30(8-14-38(34)65-22-19-51)25-37(44(61)53-21-18-50)58-43(60)29(3)56-46(41)63/h8-9,11,14-15,24,26,29,33,36-37,41H,10,12-13,16-17,19-23,25,49,51-52H2,1-7H3,(H,53,61)(H,56,63)(H,57,62)(H,58,60). The van der Waals surface area contributed by atoms with Gasteiger partial charge in [0, 0.05) is 37.7 Å². The van der Waals surface area contributed by atoms with Crippen LogP contribution < -0.4 is 47.9 Å². The van der Waals surface area contributed by atoms with Crippen LogP contribution in [0.3, 0.4) is 0 Å². The van der Waals surface area contributed by atoms with E-state index in [0.717, 1.165) is 24.8 Å². The minimum Gasteiger partial charge on any atom is -0.492 e. The van der Waals surface area contributed by atoms with Gasteiger partial charge in [0.1, 0.15) is 55.4 Å². The van der Waals surface area contributed by atoms with Crippen LogP contribution in [0.5, 0.6) is 11.5 Å². The number of aromatic nitrogens is 2. The van der Waals surface area contributed by atoms with Crippen molar-refractivity contribution in [1.82, 2.24) is 36.1 Å². The number of carbonyl (C=O) groups is 5. The Kier molecular flexibility index (Phi) is 17.4. The molecule has 5 amide bonds. The molecular weight excluding hydrogens is 843 g/mol. The number of hydrogen-bond acceptors (Lipinski definition) is 13. The number of nitriles is 1. The summed E-state index contributed by atoms with van der Waals surface area (Å²) in [4.78, 5) is 81.3. The number of hydrogen-bond donors (Lipinski definition) is 7. The predicted molar refractivity (Wildman–Crippen MR) is 250 cm³/mol. The van der Waals surface area contributed by atoms with Crippen LogP contribution in [-0.2, 0) is 25.6 Å². The molecule has 1 aromatic heterocycles. The lowest BCUT2D eigenvalue weighted by atomic mass is 9.73. The van der Waals surface area contributed by atoms with Gasteiger partial charge in [0.2, 0.25) is 23.6 Å². The number of nitrogens with zero attached hydrogens (tertiary/aromatic N) is 4. The normalized spacial score (nSPS) is 19.1. The summed E-state index contributed by atoms with van der Waals surface area (Å²) in [6.45, 7) is 12.1. The maximum absolute atomic E-state index is 14.7. The summed E-state index contributed by atoms with van der Waals surface area (Å²) in [6.07, 6.45) is 4.96. The number of ether oxygens (including phenoxy) is 2. The van der Waals surface area contributed by atoms with Crippen molar-refractivity contribution in [3.63, 3.8) is 0 Å². The van der Waals surface area contributed by atoms with Crippen molar-refractivity contribution in [2.75, 3.05) is 46.4 Å². The molecule has 10 N–H and O–H groups in total. The van der Waals surface area contributed by atoms with E-state index in [-0.39, 0.29) is 63.2 Å². The van der Waals surface area contributed by atoms with Crippen LogP contribution in [-0.4, -0.2) is 109 Å². The summed E-state index contributed by atoms with van der Waals surface area (Å²) in [5.74, 6) is -1.38. The fourth-order valence-corrected chi connectivity index (χ4v) is 8.37. The first-order valence-electron chi connectivity index (χ1n) is 22.4. The topological polar surface area (TPSA) is 283 Å². The number of fused-ring (bicyclic) bond motifs is 5. The summed E-state index contributed by atoms with van der Waals surface area (Å²) in [5.41, 5.74) is 22.0. The lowest BCUT2D eigenvalue weighted by molar-refractivity contribution is -0.141. The maximum atomic E-state index is 14.7. The molecule has 0 fully saturated rings. The molecule has 5 rings (SSSR count). The Morgan fingerprint density at radius 1 is 0.939 bits per heavy atom. The lowest BCUT2D eigenvalue weighted by Crippen LogP contribution is -2.56. The number of likely N-dealkylation sites (N-methyl/N-ethyl adjacent to an activating group) is 1. The van der Waals surface area contributed by atoms with Crippen molar-refractivity contribution in [3.8, 4) is 28.7 Å². The zero-order valence-electron chi connectivity index (χ0n) is 39.1. The van der Waals surface area contributed by atoms with Crippen molar-refractivity contribution in [2.45, 2.75) is 97.8 Å². The van der Waals surface area contributed by atoms with Crippen molar-refractivity contribution in [2.24, 2.45) is 28.5 Å². The smallest absolute Gasteiger partial charge is 0.255 e. The molecule has 5 atom stereocenters. The SMILES string of the molecule is Cc1nc(C2=CCC(C(C)(C)C)CC2)nc(C)c1C(=O)NC(CCN)C(=O)N(C)C1C(=O)NC(C)C(=O)NC(C(=O)NCC#N)Cc2ccc(OCCN)c(c2)-c2cc1ccc2OCCN. The Balaban J connectivity index is 1.56. The molecule has 18 heteroatoms. The van der Waals surface area contributed by atoms with Gasteiger partial charge < -0.3 is 52.8 Å². The monoisotopic (exact) mass is 908 g/mol. The zero-order chi connectivity index (χ0) is 48.3. The minimum atomic E-state index is -1.39. The quantitative estimate of drug-likeness (QED) is 0.108. The largest absolute Gasteiger partial charge is 0.492 e. The van der Waals surface area contributed by atoms with Crippen LogP contribution in [0.15, 0.2) is 42.5 Å². The van der Waals surface area contributed by atoms with Crippen LogP contribution in [0.2, 0.25) is 0 Å². The number of rotatable bonds is 15. The van der Waals surface area contributed by atoms with Crippen molar-refractivity contribution < 1.29 is 33.4 Å². The van der Waals surface area contributed by atoms with Gasteiger partial charge in [0.15, 0.2) is 5.82 Å². The number of nitrogens with two attached hydrogens (primary N) is 3. The second-order valence-corrected chi connectivity index (χ2v) is 17.8. The van der Waals surface area contributed by atoms with Crippen molar-refractivity contribution in [3.05, 3.63) is 76.4 Å². The first kappa shape index (κ1) is 50.6. The molecule has 0 saturated carbocycles. The highest BCUT2D eigenvalue weighted by atomic mass is 16.5. The van der Waals surface area contributed by atoms with Gasteiger partial charge in [-0.2, -0.15) is 5.26 Å². The van der Waals surface area contributed by atoms with Crippen LogP contribution in [0.4, 0.5) is 0 Å². The number of nitrogens with one attached hydrogen (secondary N) is 4. The number of amides is 5. The molecule has 18 nitrogen and oxygen atoms in total. The zero-order valence-corrected chi connectivity index (χ0v) is 39.1. The van der Waals surface area contributed by atoms with Crippen LogP contribution >= 0.6 is 0 Å². The Labute approximate surface area is 386 Å². The van der Waals surface area contributed by atoms with Gasteiger partial charge in [-0.3, -0.25) is 24.0 Å². The van der Waals surface area contributed by atoms with E-state index < -0.39 is 53.7 Å². The summed E-state index contributed by atoms with van der Waals surface area (Å²) in [5, 5.41) is 20.0. The summed E-state index contributed by atoms with van der Waals surface area (Å²) >= 11 is 0. The molecule has 1 aliphatic carbocycles. The molecule has 5 unspecified atom stereocenters. The average molecular weight is 908 g/mol. The first-order valence-corrected chi connectivity index (χ1v) is 22.4. The second kappa shape index (κ2) is 22.7. The molecule has 0 spiro atoms. The Morgan fingerprint density at radius 3 is 2.15 bits per heavy atom. The van der Waals surface area contributed by atoms with Crippen LogP contribution in [0, 0.1) is 36.5 Å². The third-order valence-corrected chi connectivity index (χ3v) is 12.0. The van der Waals surface area contributed by atoms with Crippen LogP contribution in [0.25, 0.3) is 16.7 Å². The molecule has 0 radical (unpaired) electrons. The number of carbonyl (C=O) groups excluding carboxylic acids is 5. The third kappa shape index (κ3) is 12.3. The predicted octanol–water partition coefficient (Wildman–Crippen LogP) is 2.50. The average Bonchev–Trinajstić information content (AvgIpc) is 3.28. The third-order valence-electron chi connectivity index (χ3n) is 12.0. The van der Waals surface area contributed by atoms with E-state index in [9.17, 15) is 29.2 Å². The van der Waals surface area contributed by atoms with E-state index in [1.54, 1.807) is 50.2 Å². The van der Waals surface area contributed by atoms with Gasteiger partial charge in [-0.05, 0) is 105 Å². The van der Waals surface area contributed by atoms with E-state index in [0.29, 0.717) is 56.9 Å². The summed E-state index contributed by atoms with van der Waals surface area (Å²) < 4.78 is 12.2. The highest BCUT2D eigenvalue weighted by Gasteiger charge is 2.37. The van der Waals surface area contributed by atoms with E-state index in [2.05, 4.69) is 48.1 Å². The summed E-state index contributed by atoms with van der Waals surface area (Å²) in [6, 6.07) is 7.11. The highest BCUT2D eigenvalue weighted by molar-refractivity contribution is 6.00. The molecule has 3 aromatic rings. The molecule has 354 valence electrons. The molecular formula is C48H65N11O7. The summed E-state index contributed by atoms with van der Waals surface area (Å²) in [7, 11) is 1.43. The Hall–Kier alpha value is -6.42. The molecule has 2 aromatic carbocycles. The van der Waals surface area contributed by atoms with Gasteiger partial charge >= 0.3 is 0 Å². The molecule has 66 heavy (non-hydrogen) atoms. The second-order valence-electron chi connectivity index (χ2n) is 17.8. The molecule has 2 heterocycles. The lowest BCUT2D eigenvalue weighted by Gasteiger charge is -2.33. The van der Waals surface area contributed by atoms with Gasteiger partial charge in [-0.1, -0.05) is 39.0 Å². The van der Waals surface area contributed by atoms with Crippen LogP contribution in [0.1, 0.15) is 98.1 Å². The highest BCUT2D eigenvalue weighted by Crippen LogP contribution is 2.41. The van der Waals surface area contributed by atoms with Gasteiger partial charge in [0.25, 0.3) is 5.91 Å². The molecule has 4 bridgehead atoms. The first-order chi connectivity index (χ1) is 31.4. The molecule has 0 saturated heterocycles. The fraction of sp³-hybridized carbons (Fsp3) is 0.500. The van der Waals surface area contributed by atoms with Gasteiger partial charge in [-0.15, -0.1) is 0 Å². The van der Waals surface area contributed by atoms with E-state index in [4.69, 9.17) is 36.6 Å². The Bertz CT molecular complexity index is 2330. The van der Waals surface area contributed by atoms with E-state index >= 15 is 0 Å². The van der Waals surface area contributed by atoms with Crippen molar-refractivity contribution in [1.29, 1.82) is 5.26 Å². The van der Waals surface area contributed by atoms with E-state index in [1.807, 2.05) is 6.07 Å². The number of allylic oxidation sites excluding steroid dienone is 2. The fourth-order valence-electron chi connectivity index (χ4n) is 8.37. The van der Waals surface area contributed by atoms with Gasteiger partial charge in [0.05, 0.1) is 23.0 Å². The Morgan fingerprint density at radius 2 is 1.58 bits per heavy atom. The molecule has 2 aliphatic rings. The number of benzene rings is 2. The van der Waals surface area contributed by atoms with Crippen molar-refractivity contribution >= 4 is 35.1 Å². The molecule has 1 aliphatic heterocycles. The maximum Gasteiger partial charge on any atom is 0.255 e. The van der Waals surface area contributed by atoms with E-state index in [1.165, 1.54) is 18.9 Å².